The summed E-state index contributed by atoms with van der Waals surface area (Å²) in [5.41, 5.74) is 0.273. The highest BCUT2D eigenvalue weighted by atomic mass is 127. The molecule has 1 aromatic heterocycles. The van der Waals surface area contributed by atoms with Crippen molar-refractivity contribution in [3.05, 3.63) is 12.2 Å². The van der Waals surface area contributed by atoms with E-state index in [1.165, 1.54) is 25.7 Å². The van der Waals surface area contributed by atoms with Crippen LogP contribution in [0.4, 0.5) is 0 Å². The Morgan fingerprint density at radius 3 is 2.58 bits per heavy atom. The van der Waals surface area contributed by atoms with Gasteiger partial charge in [0, 0.05) is 19.6 Å². The molecule has 0 bridgehead atoms. The SMILES string of the molecule is CCCCCC(C)(C)CNC(=NCc1nncn1CC)NCC.I. The first-order valence-electron chi connectivity index (χ1n) is 8.91. The van der Waals surface area contributed by atoms with Crippen LogP contribution in [0.2, 0.25) is 0 Å². The van der Waals surface area contributed by atoms with Crippen LogP contribution in [0.15, 0.2) is 11.3 Å². The number of halogens is 1. The number of unbranched alkanes of at least 4 members (excludes halogenated alkanes) is 2. The lowest BCUT2D eigenvalue weighted by molar-refractivity contribution is 0.318. The number of rotatable bonds is 10. The summed E-state index contributed by atoms with van der Waals surface area (Å²) in [5, 5.41) is 14.8. The number of aliphatic imine (C=N–C) groups is 1. The van der Waals surface area contributed by atoms with Gasteiger partial charge in [0.15, 0.2) is 11.8 Å². The van der Waals surface area contributed by atoms with Gasteiger partial charge in [-0.2, -0.15) is 0 Å². The fourth-order valence-electron chi connectivity index (χ4n) is 2.42. The molecule has 1 rings (SSSR count). The second-order valence-corrected chi connectivity index (χ2v) is 6.70. The van der Waals surface area contributed by atoms with Gasteiger partial charge in [-0.15, -0.1) is 34.2 Å². The summed E-state index contributed by atoms with van der Waals surface area (Å²) in [7, 11) is 0. The summed E-state index contributed by atoms with van der Waals surface area (Å²) < 4.78 is 2.02. The average Bonchev–Trinajstić information content (AvgIpc) is 2.98. The van der Waals surface area contributed by atoms with Gasteiger partial charge < -0.3 is 15.2 Å². The number of nitrogens with one attached hydrogen (secondary N) is 2. The van der Waals surface area contributed by atoms with E-state index in [0.717, 1.165) is 31.4 Å². The number of aryl methyl sites for hydroxylation is 1. The molecule has 2 N–H and O–H groups in total. The van der Waals surface area contributed by atoms with E-state index in [9.17, 15) is 0 Å². The highest BCUT2D eigenvalue weighted by Crippen LogP contribution is 2.22. The number of hydrogen-bond donors (Lipinski definition) is 2. The molecule has 0 aliphatic carbocycles. The van der Waals surface area contributed by atoms with Gasteiger partial charge >= 0.3 is 0 Å². The van der Waals surface area contributed by atoms with Crippen molar-refractivity contribution >= 4 is 29.9 Å². The van der Waals surface area contributed by atoms with E-state index in [-0.39, 0.29) is 29.4 Å². The summed E-state index contributed by atoms with van der Waals surface area (Å²) in [6, 6.07) is 0. The summed E-state index contributed by atoms with van der Waals surface area (Å²) in [6.45, 7) is 14.2. The maximum atomic E-state index is 4.64. The molecule has 0 amide bonds. The van der Waals surface area contributed by atoms with Crippen molar-refractivity contribution in [3.63, 3.8) is 0 Å². The predicted octanol–water partition coefficient (Wildman–Crippen LogP) is 3.58. The molecule has 0 atom stereocenters. The van der Waals surface area contributed by atoms with Gasteiger partial charge in [0.05, 0.1) is 0 Å². The lowest BCUT2D eigenvalue weighted by atomic mass is 9.87. The van der Waals surface area contributed by atoms with E-state index in [0.29, 0.717) is 6.54 Å². The van der Waals surface area contributed by atoms with E-state index in [2.05, 4.69) is 60.4 Å². The van der Waals surface area contributed by atoms with E-state index in [1.807, 2.05) is 4.57 Å². The molecule has 0 spiro atoms. The molecule has 0 aromatic carbocycles. The van der Waals surface area contributed by atoms with Crippen LogP contribution in [0.3, 0.4) is 0 Å². The van der Waals surface area contributed by atoms with Crippen LogP contribution in [0.25, 0.3) is 0 Å². The third-order valence-corrected chi connectivity index (χ3v) is 3.95. The predicted molar refractivity (Wildman–Crippen MR) is 112 cm³/mol. The minimum Gasteiger partial charge on any atom is -0.357 e. The van der Waals surface area contributed by atoms with Crippen molar-refractivity contribution in [1.29, 1.82) is 0 Å². The van der Waals surface area contributed by atoms with Crippen molar-refractivity contribution < 1.29 is 0 Å². The van der Waals surface area contributed by atoms with E-state index in [1.54, 1.807) is 6.33 Å². The highest BCUT2D eigenvalue weighted by molar-refractivity contribution is 14.0. The highest BCUT2D eigenvalue weighted by Gasteiger charge is 2.17. The molecule has 140 valence electrons. The van der Waals surface area contributed by atoms with Crippen molar-refractivity contribution in [1.82, 2.24) is 25.4 Å². The van der Waals surface area contributed by atoms with Crippen molar-refractivity contribution in [2.24, 2.45) is 10.4 Å². The van der Waals surface area contributed by atoms with E-state index in [4.69, 9.17) is 0 Å². The van der Waals surface area contributed by atoms with E-state index < -0.39 is 0 Å². The summed E-state index contributed by atoms with van der Waals surface area (Å²) in [6.07, 6.45) is 6.86. The molecule has 0 saturated heterocycles. The molecular formula is C17H35IN6. The largest absolute Gasteiger partial charge is 0.357 e. The molecule has 1 heterocycles. The first-order valence-corrected chi connectivity index (χ1v) is 8.91. The van der Waals surface area contributed by atoms with Crippen molar-refractivity contribution in [3.8, 4) is 0 Å². The van der Waals surface area contributed by atoms with Crippen LogP contribution in [0.5, 0.6) is 0 Å². The minimum absolute atomic E-state index is 0. The Labute approximate surface area is 164 Å². The topological polar surface area (TPSA) is 67.1 Å². The standard InChI is InChI=1S/C17H34N6.HI/c1-6-9-10-11-17(4,5)13-20-16(18-7-2)19-12-15-22-21-14-23(15)8-3;/h14H,6-13H2,1-5H3,(H2,18,19,20);1H. The van der Waals surface area contributed by atoms with Crippen LogP contribution in [0, 0.1) is 5.41 Å². The molecule has 1 aromatic rings. The summed E-state index contributed by atoms with van der Waals surface area (Å²) in [5.74, 6) is 1.74. The zero-order valence-electron chi connectivity index (χ0n) is 15.9. The van der Waals surface area contributed by atoms with Gasteiger partial charge in [0.2, 0.25) is 0 Å². The van der Waals surface area contributed by atoms with Crippen LogP contribution in [-0.4, -0.2) is 33.8 Å². The quantitative estimate of drug-likeness (QED) is 0.248. The normalized spacial score (nSPS) is 12.0. The Morgan fingerprint density at radius 2 is 1.96 bits per heavy atom. The molecule has 7 heteroatoms. The molecule has 0 unspecified atom stereocenters. The van der Waals surface area contributed by atoms with Crippen LogP contribution >= 0.6 is 24.0 Å². The molecule has 0 saturated carbocycles. The molecule has 0 radical (unpaired) electrons. The molecule has 0 fully saturated rings. The van der Waals surface area contributed by atoms with Gasteiger partial charge in [0.1, 0.15) is 12.9 Å². The fraction of sp³-hybridized carbons (Fsp3) is 0.824. The molecule has 6 nitrogen and oxygen atoms in total. The third-order valence-electron chi connectivity index (χ3n) is 3.95. The Bertz CT molecular complexity index is 469. The molecular weight excluding hydrogens is 415 g/mol. The van der Waals surface area contributed by atoms with Gasteiger partial charge in [-0.3, -0.25) is 0 Å². The Balaban J connectivity index is 0.00000529. The summed E-state index contributed by atoms with van der Waals surface area (Å²) in [4.78, 5) is 4.64. The first kappa shape index (κ1) is 23.1. The molecule has 0 aliphatic rings. The zero-order valence-corrected chi connectivity index (χ0v) is 18.3. The maximum absolute atomic E-state index is 4.64. The lowest BCUT2D eigenvalue weighted by Gasteiger charge is -2.26. The average molecular weight is 450 g/mol. The zero-order chi connectivity index (χ0) is 17.1. The molecule has 24 heavy (non-hydrogen) atoms. The van der Waals surface area contributed by atoms with E-state index >= 15 is 0 Å². The summed E-state index contributed by atoms with van der Waals surface area (Å²) >= 11 is 0. The third kappa shape index (κ3) is 8.84. The van der Waals surface area contributed by atoms with Gasteiger partial charge in [-0.05, 0) is 25.7 Å². The Kier molecular flexibility index (Phi) is 12.0. The minimum atomic E-state index is 0. The van der Waals surface area contributed by atoms with Crippen molar-refractivity contribution in [2.45, 2.75) is 73.4 Å². The second-order valence-electron chi connectivity index (χ2n) is 6.70. The number of hydrogen-bond acceptors (Lipinski definition) is 3. The fourth-order valence-corrected chi connectivity index (χ4v) is 2.42. The smallest absolute Gasteiger partial charge is 0.191 e. The van der Waals surface area contributed by atoms with Gasteiger partial charge in [-0.25, -0.2) is 4.99 Å². The Hall–Kier alpha value is -0.860. The number of aromatic nitrogens is 3. The van der Waals surface area contributed by atoms with Crippen LogP contribution in [-0.2, 0) is 13.1 Å². The maximum Gasteiger partial charge on any atom is 0.191 e. The lowest BCUT2D eigenvalue weighted by Crippen LogP contribution is -2.42. The first-order chi connectivity index (χ1) is 11.0. The molecule has 0 aliphatic heterocycles. The number of nitrogens with zero attached hydrogens (tertiary/aromatic N) is 4. The van der Waals surface area contributed by atoms with Gasteiger partial charge in [-0.1, -0.05) is 40.0 Å². The second kappa shape index (κ2) is 12.5. The monoisotopic (exact) mass is 450 g/mol. The van der Waals surface area contributed by atoms with Crippen molar-refractivity contribution in [2.75, 3.05) is 13.1 Å². The Morgan fingerprint density at radius 1 is 1.21 bits per heavy atom. The van der Waals surface area contributed by atoms with Gasteiger partial charge in [0.25, 0.3) is 0 Å². The number of guanidine groups is 1. The van der Waals surface area contributed by atoms with Crippen LogP contribution < -0.4 is 10.6 Å². The van der Waals surface area contributed by atoms with Crippen LogP contribution in [0.1, 0.15) is 66.1 Å².